The lowest BCUT2D eigenvalue weighted by atomic mass is 10.1. The van der Waals surface area contributed by atoms with Crippen LogP contribution in [-0.2, 0) is 0 Å². The number of fused-ring (bicyclic) bond motifs is 1. The highest BCUT2D eigenvalue weighted by molar-refractivity contribution is 7.73. The van der Waals surface area contributed by atoms with Crippen molar-refractivity contribution in [2.45, 2.75) is 0 Å². The van der Waals surface area contributed by atoms with Gasteiger partial charge >= 0.3 is 0 Å². The molecule has 0 N–H and O–H groups in total. The van der Waals surface area contributed by atoms with Crippen LogP contribution in [0.25, 0.3) is 10.8 Å². The Labute approximate surface area is 251 Å². The average molecular weight is 585 g/mol. The van der Waals surface area contributed by atoms with Crippen LogP contribution >= 0.6 is 15.8 Å². The van der Waals surface area contributed by atoms with Crippen molar-refractivity contribution in [1.82, 2.24) is 0 Å². The lowest BCUT2D eigenvalue weighted by Gasteiger charge is -2.20. The van der Waals surface area contributed by atoms with Crippen LogP contribution in [-0.4, -0.2) is 25.5 Å². The maximum Gasteiger partial charge on any atom is 0.127 e. The Balaban J connectivity index is 1.16. The molecule has 0 unspecified atom stereocenters. The van der Waals surface area contributed by atoms with Gasteiger partial charge in [-0.25, -0.2) is 0 Å². The SMILES string of the molecule is c1ccc(P(CCOc2ccc(OCCP(c3ccccc3)c3ccccc3)c3ccccc23)c2ccccc2)cc1. The molecule has 0 saturated heterocycles. The molecule has 0 aliphatic rings. The molecule has 0 aliphatic heterocycles. The molecule has 0 spiro atoms. The van der Waals surface area contributed by atoms with Gasteiger partial charge in [-0.15, -0.1) is 0 Å². The van der Waals surface area contributed by atoms with E-state index in [2.05, 4.69) is 158 Å². The molecular formula is C38H34O2P2. The molecule has 2 nitrogen and oxygen atoms in total. The maximum absolute atomic E-state index is 6.47. The van der Waals surface area contributed by atoms with E-state index < -0.39 is 15.8 Å². The van der Waals surface area contributed by atoms with Gasteiger partial charge in [0.2, 0.25) is 0 Å². The van der Waals surface area contributed by atoms with Crippen LogP contribution in [0.2, 0.25) is 0 Å². The fourth-order valence-corrected chi connectivity index (χ4v) is 9.54. The second-order valence-electron chi connectivity index (χ2n) is 9.95. The number of hydrogen-bond donors (Lipinski definition) is 0. The topological polar surface area (TPSA) is 18.5 Å². The van der Waals surface area contributed by atoms with Gasteiger partial charge in [-0.3, -0.25) is 0 Å². The third kappa shape index (κ3) is 6.91. The Hall–Kier alpha value is -3.96. The van der Waals surface area contributed by atoms with E-state index in [4.69, 9.17) is 9.47 Å². The summed E-state index contributed by atoms with van der Waals surface area (Å²) in [5, 5.41) is 7.69. The number of benzene rings is 6. The highest BCUT2D eigenvalue weighted by atomic mass is 31.1. The van der Waals surface area contributed by atoms with E-state index in [0.717, 1.165) is 34.6 Å². The van der Waals surface area contributed by atoms with Crippen LogP contribution in [0.5, 0.6) is 11.5 Å². The summed E-state index contributed by atoms with van der Waals surface area (Å²) in [5.74, 6) is 1.81. The standard InChI is InChI=1S/C38H34O2P2/c1-5-15-31(16-6-1)41(32-17-7-2-8-18-32)29-27-39-37-25-26-38(36-24-14-13-23-35(36)37)40-28-30-42(33-19-9-3-10-20-33)34-21-11-4-12-22-34/h1-26H,27-30H2. The summed E-state index contributed by atoms with van der Waals surface area (Å²) >= 11 is 0. The number of ether oxygens (including phenoxy) is 2. The van der Waals surface area contributed by atoms with Gasteiger partial charge in [0, 0.05) is 23.1 Å². The summed E-state index contributed by atoms with van der Waals surface area (Å²) < 4.78 is 12.9. The van der Waals surface area contributed by atoms with Crippen molar-refractivity contribution in [3.63, 3.8) is 0 Å². The minimum absolute atomic E-state index is 0.497. The van der Waals surface area contributed by atoms with Gasteiger partial charge in [0.25, 0.3) is 0 Å². The molecule has 0 heterocycles. The molecule has 6 rings (SSSR count). The predicted octanol–water partition coefficient (Wildman–Crippen LogP) is 7.86. The third-order valence-electron chi connectivity index (χ3n) is 7.26. The molecule has 208 valence electrons. The van der Waals surface area contributed by atoms with Crippen molar-refractivity contribution in [3.05, 3.63) is 158 Å². The Morgan fingerprint density at radius 1 is 0.333 bits per heavy atom. The molecule has 0 bridgehead atoms. The van der Waals surface area contributed by atoms with Crippen LogP contribution in [0.3, 0.4) is 0 Å². The zero-order valence-electron chi connectivity index (χ0n) is 23.6. The first-order valence-electron chi connectivity index (χ1n) is 14.4. The highest BCUT2D eigenvalue weighted by Crippen LogP contribution is 2.37. The lowest BCUT2D eigenvalue weighted by Crippen LogP contribution is -2.17. The normalized spacial score (nSPS) is 11.2. The Bertz CT molecular complexity index is 1470. The van der Waals surface area contributed by atoms with E-state index in [0.29, 0.717) is 13.2 Å². The Kier molecular flexibility index (Phi) is 9.58. The first kappa shape index (κ1) is 28.2. The van der Waals surface area contributed by atoms with Crippen molar-refractivity contribution < 1.29 is 9.47 Å². The molecule has 4 heteroatoms. The van der Waals surface area contributed by atoms with E-state index in [1.54, 1.807) is 0 Å². The molecule has 42 heavy (non-hydrogen) atoms. The van der Waals surface area contributed by atoms with Gasteiger partial charge in [-0.2, -0.15) is 0 Å². The first-order valence-corrected chi connectivity index (χ1v) is 17.4. The molecule has 0 aromatic heterocycles. The zero-order chi connectivity index (χ0) is 28.4. The van der Waals surface area contributed by atoms with Gasteiger partial charge in [0.1, 0.15) is 11.5 Å². The van der Waals surface area contributed by atoms with Crippen molar-refractivity contribution in [2.75, 3.05) is 25.5 Å². The fraction of sp³-hybridized carbons (Fsp3) is 0.105. The summed E-state index contributed by atoms with van der Waals surface area (Å²) in [4.78, 5) is 0. The van der Waals surface area contributed by atoms with Crippen LogP contribution in [0, 0.1) is 0 Å². The summed E-state index contributed by atoms with van der Waals surface area (Å²) in [7, 11) is -0.995. The summed E-state index contributed by atoms with van der Waals surface area (Å²) in [6.45, 7) is 1.30. The molecule has 0 fully saturated rings. The van der Waals surface area contributed by atoms with E-state index in [1.807, 2.05) is 0 Å². The molecule has 6 aromatic rings. The minimum atomic E-state index is -0.497. The summed E-state index contributed by atoms with van der Waals surface area (Å²) in [5.41, 5.74) is 0. The first-order chi connectivity index (χ1) is 20.9. The summed E-state index contributed by atoms with van der Waals surface area (Å²) in [6.07, 6.45) is 1.91. The van der Waals surface area contributed by atoms with Gasteiger partial charge in [-0.05, 0) is 49.2 Å². The van der Waals surface area contributed by atoms with Gasteiger partial charge < -0.3 is 9.47 Å². The van der Waals surface area contributed by atoms with Gasteiger partial charge in [0.05, 0.1) is 13.2 Å². The quantitative estimate of drug-likeness (QED) is 0.136. The van der Waals surface area contributed by atoms with E-state index in [-0.39, 0.29) is 0 Å². The molecule has 6 aromatic carbocycles. The number of hydrogen-bond acceptors (Lipinski definition) is 2. The van der Waals surface area contributed by atoms with E-state index in [1.165, 1.54) is 21.2 Å². The Morgan fingerprint density at radius 2 is 0.619 bits per heavy atom. The van der Waals surface area contributed by atoms with Crippen LogP contribution in [0.4, 0.5) is 0 Å². The molecule has 0 radical (unpaired) electrons. The monoisotopic (exact) mass is 584 g/mol. The summed E-state index contributed by atoms with van der Waals surface area (Å²) in [6, 6.07) is 55.8. The average Bonchev–Trinajstić information content (AvgIpc) is 3.07. The molecular weight excluding hydrogens is 550 g/mol. The number of rotatable bonds is 12. The molecule has 0 aliphatic carbocycles. The largest absolute Gasteiger partial charge is 0.493 e. The zero-order valence-corrected chi connectivity index (χ0v) is 25.3. The smallest absolute Gasteiger partial charge is 0.127 e. The van der Waals surface area contributed by atoms with Crippen molar-refractivity contribution >= 4 is 47.8 Å². The van der Waals surface area contributed by atoms with E-state index >= 15 is 0 Å². The predicted molar refractivity (Wildman–Crippen MR) is 183 cm³/mol. The third-order valence-corrected chi connectivity index (χ3v) is 12.2. The van der Waals surface area contributed by atoms with Crippen LogP contribution < -0.4 is 30.7 Å². The lowest BCUT2D eigenvalue weighted by molar-refractivity contribution is 0.339. The maximum atomic E-state index is 6.47. The van der Waals surface area contributed by atoms with Crippen molar-refractivity contribution in [2.24, 2.45) is 0 Å². The molecule has 0 saturated carbocycles. The van der Waals surface area contributed by atoms with E-state index in [9.17, 15) is 0 Å². The highest BCUT2D eigenvalue weighted by Gasteiger charge is 2.16. The second kappa shape index (κ2) is 14.3. The molecule has 0 atom stereocenters. The van der Waals surface area contributed by atoms with Crippen molar-refractivity contribution in [1.29, 1.82) is 0 Å². The van der Waals surface area contributed by atoms with Crippen molar-refractivity contribution in [3.8, 4) is 11.5 Å². The second-order valence-corrected chi connectivity index (χ2v) is 14.6. The minimum Gasteiger partial charge on any atom is -0.493 e. The Morgan fingerprint density at radius 3 is 0.929 bits per heavy atom. The fourth-order valence-electron chi connectivity index (χ4n) is 5.24. The van der Waals surface area contributed by atoms with Crippen LogP contribution in [0.1, 0.15) is 0 Å². The van der Waals surface area contributed by atoms with Crippen LogP contribution in [0.15, 0.2) is 158 Å². The molecule has 0 amide bonds. The van der Waals surface area contributed by atoms with Gasteiger partial charge in [-0.1, -0.05) is 146 Å². The van der Waals surface area contributed by atoms with Gasteiger partial charge in [0.15, 0.2) is 0 Å².